The van der Waals surface area contributed by atoms with Crippen LogP contribution in [0.5, 0.6) is 11.9 Å². The van der Waals surface area contributed by atoms with Crippen molar-refractivity contribution in [3.63, 3.8) is 0 Å². The first-order valence-corrected chi connectivity index (χ1v) is 7.52. The van der Waals surface area contributed by atoms with Crippen LogP contribution in [0.25, 0.3) is 0 Å². The predicted octanol–water partition coefficient (Wildman–Crippen LogP) is 4.32. The highest BCUT2D eigenvalue weighted by Crippen LogP contribution is 2.39. The molecule has 0 unspecified atom stereocenters. The molecule has 8 heteroatoms. The van der Waals surface area contributed by atoms with E-state index in [0.717, 1.165) is 4.90 Å². The van der Waals surface area contributed by atoms with E-state index in [-0.39, 0.29) is 11.9 Å². The maximum atomic E-state index is 13.1. The summed E-state index contributed by atoms with van der Waals surface area (Å²) in [6.07, 6.45) is 3.01. The average Bonchev–Trinajstić information content (AvgIpc) is 2.86. The minimum atomic E-state index is -2.75. The van der Waals surface area contributed by atoms with Gasteiger partial charge in [-0.25, -0.2) is 14.6 Å². The molecule has 1 aromatic carbocycles. The molecular formula is C15H12F2N4OS. The SMILES string of the molecule is Cc1c(Sc2ccccc2)c(Oc2ncccn2)nn1C(F)F. The molecule has 2 aromatic heterocycles. The molecule has 0 saturated heterocycles. The molecule has 0 spiro atoms. The van der Waals surface area contributed by atoms with Gasteiger partial charge in [-0.15, -0.1) is 5.10 Å². The number of benzene rings is 1. The number of rotatable bonds is 5. The molecule has 3 rings (SSSR count). The first kappa shape index (κ1) is 15.4. The maximum Gasteiger partial charge on any atom is 0.333 e. The number of hydrogen-bond donors (Lipinski definition) is 0. The van der Waals surface area contributed by atoms with Crippen molar-refractivity contribution in [2.75, 3.05) is 0 Å². The number of nitrogens with zero attached hydrogens (tertiary/aromatic N) is 4. The molecule has 0 aliphatic carbocycles. The van der Waals surface area contributed by atoms with Crippen LogP contribution in [0.2, 0.25) is 0 Å². The van der Waals surface area contributed by atoms with Crippen molar-refractivity contribution in [1.82, 2.24) is 19.7 Å². The summed E-state index contributed by atoms with van der Waals surface area (Å²) in [6, 6.07) is 11.1. The van der Waals surface area contributed by atoms with E-state index in [0.29, 0.717) is 15.3 Å². The van der Waals surface area contributed by atoms with Crippen molar-refractivity contribution in [1.29, 1.82) is 0 Å². The largest absolute Gasteiger partial charge is 0.402 e. The molecule has 2 heterocycles. The van der Waals surface area contributed by atoms with E-state index in [1.54, 1.807) is 13.0 Å². The van der Waals surface area contributed by atoms with Gasteiger partial charge < -0.3 is 4.74 Å². The van der Waals surface area contributed by atoms with E-state index in [9.17, 15) is 8.78 Å². The molecule has 0 atom stereocenters. The Labute approximate surface area is 135 Å². The Morgan fingerprint density at radius 2 is 1.78 bits per heavy atom. The summed E-state index contributed by atoms with van der Waals surface area (Å²) in [6.45, 7) is -1.18. The van der Waals surface area contributed by atoms with Crippen LogP contribution in [-0.4, -0.2) is 19.7 Å². The van der Waals surface area contributed by atoms with Gasteiger partial charge in [0.25, 0.3) is 5.88 Å². The smallest absolute Gasteiger partial charge is 0.333 e. The molecule has 23 heavy (non-hydrogen) atoms. The zero-order chi connectivity index (χ0) is 16.2. The van der Waals surface area contributed by atoms with Crippen molar-refractivity contribution < 1.29 is 13.5 Å². The second-order valence-electron chi connectivity index (χ2n) is 4.49. The molecule has 3 aromatic rings. The Morgan fingerprint density at radius 1 is 1.09 bits per heavy atom. The van der Waals surface area contributed by atoms with Gasteiger partial charge in [-0.05, 0) is 25.1 Å². The van der Waals surface area contributed by atoms with Crippen LogP contribution in [-0.2, 0) is 0 Å². The fourth-order valence-corrected chi connectivity index (χ4v) is 2.82. The summed E-state index contributed by atoms with van der Waals surface area (Å²) in [4.78, 5) is 9.25. The quantitative estimate of drug-likeness (QED) is 0.695. The normalized spacial score (nSPS) is 11.0. The summed E-state index contributed by atoms with van der Waals surface area (Å²) < 4.78 is 32.3. The Hall–Kier alpha value is -2.48. The third kappa shape index (κ3) is 3.48. The highest BCUT2D eigenvalue weighted by Gasteiger charge is 2.22. The van der Waals surface area contributed by atoms with Crippen LogP contribution in [0.15, 0.2) is 58.6 Å². The predicted molar refractivity (Wildman–Crippen MR) is 80.9 cm³/mol. The number of ether oxygens (including phenoxy) is 1. The van der Waals surface area contributed by atoms with Crippen molar-refractivity contribution in [3.05, 3.63) is 54.5 Å². The Kier molecular flexibility index (Phi) is 4.52. The van der Waals surface area contributed by atoms with Crippen molar-refractivity contribution in [3.8, 4) is 11.9 Å². The lowest BCUT2D eigenvalue weighted by Gasteiger charge is -2.04. The van der Waals surface area contributed by atoms with Crippen molar-refractivity contribution >= 4 is 11.8 Å². The lowest BCUT2D eigenvalue weighted by atomic mass is 10.4. The average molecular weight is 334 g/mol. The molecule has 0 radical (unpaired) electrons. The second-order valence-corrected chi connectivity index (χ2v) is 5.57. The fourth-order valence-electron chi connectivity index (χ4n) is 1.88. The third-order valence-electron chi connectivity index (χ3n) is 2.94. The Balaban J connectivity index is 1.98. The van der Waals surface area contributed by atoms with Crippen LogP contribution in [0.4, 0.5) is 8.78 Å². The lowest BCUT2D eigenvalue weighted by molar-refractivity contribution is 0.0532. The van der Waals surface area contributed by atoms with E-state index in [1.807, 2.05) is 30.3 Å². The Bertz CT molecular complexity index is 781. The van der Waals surface area contributed by atoms with Crippen molar-refractivity contribution in [2.24, 2.45) is 0 Å². The maximum absolute atomic E-state index is 13.1. The van der Waals surface area contributed by atoms with E-state index >= 15 is 0 Å². The van der Waals surface area contributed by atoms with Crippen molar-refractivity contribution in [2.45, 2.75) is 23.3 Å². The molecule has 5 nitrogen and oxygen atoms in total. The zero-order valence-corrected chi connectivity index (χ0v) is 12.9. The van der Waals surface area contributed by atoms with Gasteiger partial charge in [0, 0.05) is 17.3 Å². The summed E-state index contributed by atoms with van der Waals surface area (Å²) in [5, 5.41) is 3.84. The van der Waals surface area contributed by atoms with Gasteiger partial charge in [0.2, 0.25) is 0 Å². The molecule has 0 aliphatic rings. The topological polar surface area (TPSA) is 52.8 Å². The fraction of sp³-hybridized carbons (Fsp3) is 0.133. The van der Waals surface area contributed by atoms with Gasteiger partial charge >= 0.3 is 12.6 Å². The minimum Gasteiger partial charge on any atom is -0.402 e. The van der Waals surface area contributed by atoms with E-state index < -0.39 is 6.55 Å². The molecule has 118 valence electrons. The summed E-state index contributed by atoms with van der Waals surface area (Å²) in [7, 11) is 0. The van der Waals surface area contributed by atoms with Gasteiger partial charge in [-0.3, -0.25) is 0 Å². The first-order chi connectivity index (χ1) is 11.1. The van der Waals surface area contributed by atoms with Gasteiger partial charge in [0.15, 0.2) is 0 Å². The van der Waals surface area contributed by atoms with E-state index in [2.05, 4.69) is 15.1 Å². The summed E-state index contributed by atoms with van der Waals surface area (Å²) in [5.41, 5.74) is 0.319. The molecule has 0 saturated carbocycles. The monoisotopic (exact) mass is 334 g/mol. The van der Waals surface area contributed by atoms with Crippen LogP contribution in [0.1, 0.15) is 12.2 Å². The molecule has 0 bridgehead atoms. The number of alkyl halides is 2. The standard InChI is InChI=1S/C15H12F2N4OS/c1-10-12(23-11-6-3-2-4-7-11)13(20-21(10)14(16)17)22-15-18-8-5-9-19-15/h2-9,14H,1H3. The van der Waals surface area contributed by atoms with Crippen LogP contribution in [0.3, 0.4) is 0 Å². The van der Waals surface area contributed by atoms with Gasteiger partial charge in [0.05, 0.1) is 10.6 Å². The number of aromatic nitrogens is 4. The van der Waals surface area contributed by atoms with Crippen LogP contribution < -0.4 is 4.74 Å². The highest BCUT2D eigenvalue weighted by atomic mass is 32.2. The van der Waals surface area contributed by atoms with Crippen LogP contribution in [0, 0.1) is 6.92 Å². The second kappa shape index (κ2) is 6.74. The van der Waals surface area contributed by atoms with Crippen LogP contribution >= 0.6 is 11.8 Å². The Morgan fingerprint density at radius 3 is 2.43 bits per heavy atom. The van der Waals surface area contributed by atoms with E-state index in [1.165, 1.54) is 24.2 Å². The first-order valence-electron chi connectivity index (χ1n) is 6.70. The third-order valence-corrected chi connectivity index (χ3v) is 4.13. The van der Waals surface area contributed by atoms with Gasteiger partial charge in [0.1, 0.15) is 0 Å². The number of hydrogen-bond acceptors (Lipinski definition) is 5. The highest BCUT2D eigenvalue weighted by molar-refractivity contribution is 7.99. The molecule has 0 fully saturated rings. The van der Waals surface area contributed by atoms with Gasteiger partial charge in [-0.1, -0.05) is 30.0 Å². The van der Waals surface area contributed by atoms with Gasteiger partial charge in [-0.2, -0.15) is 8.78 Å². The molecule has 0 aliphatic heterocycles. The zero-order valence-electron chi connectivity index (χ0n) is 12.1. The summed E-state index contributed by atoms with van der Waals surface area (Å²) >= 11 is 1.30. The molecule has 0 amide bonds. The molecule has 0 N–H and O–H groups in total. The lowest BCUT2D eigenvalue weighted by Crippen LogP contribution is -2.02. The minimum absolute atomic E-state index is 0.0568. The number of halogens is 2. The molecular weight excluding hydrogens is 322 g/mol. The summed E-state index contributed by atoms with van der Waals surface area (Å²) in [5.74, 6) is 0.0582. The van der Waals surface area contributed by atoms with E-state index in [4.69, 9.17) is 4.74 Å².